The van der Waals surface area contributed by atoms with Crippen LogP contribution in [0.4, 0.5) is 27.9 Å². The third-order valence-electron chi connectivity index (χ3n) is 5.71. The molecule has 0 aliphatic heterocycles. The molecule has 1 saturated carbocycles. The molecule has 4 aromatic rings. The number of rotatable bonds is 7. The highest BCUT2D eigenvalue weighted by molar-refractivity contribution is 7.14. The predicted molar refractivity (Wildman–Crippen MR) is 143 cm³/mol. The van der Waals surface area contributed by atoms with Crippen molar-refractivity contribution >= 4 is 40.6 Å². The standard InChI is InChI=1S/C26H29N7O2S/c1-16-5-6-18(31-25(34)35-23-10-9-20(36-23)26(2,3)4)13-19(16)32-24-27-11-12-33(24)22-14-21(28-15-29-22)30-17-7-8-17/h5-6,9-15,17H,7-8H2,1-4H3,(H,27,32)(H,31,34)(H,28,29,30). The first-order valence-electron chi connectivity index (χ1n) is 11.8. The van der Waals surface area contributed by atoms with Gasteiger partial charge in [-0.2, -0.15) is 0 Å². The third kappa shape index (κ3) is 5.65. The number of hydrogen-bond donors (Lipinski definition) is 3. The Kier molecular flexibility index (Phi) is 6.36. The maximum Gasteiger partial charge on any atom is 0.417 e. The molecule has 0 saturated heterocycles. The number of carbonyl (C=O) groups is 1. The van der Waals surface area contributed by atoms with Gasteiger partial charge in [-0.25, -0.2) is 19.7 Å². The quantitative estimate of drug-likeness (QED) is 0.273. The number of carbonyl (C=O) groups excluding carboxylic acids is 1. The Morgan fingerprint density at radius 1 is 1.11 bits per heavy atom. The first-order chi connectivity index (χ1) is 17.2. The fourth-order valence-electron chi connectivity index (χ4n) is 3.54. The molecule has 3 aromatic heterocycles. The van der Waals surface area contributed by atoms with Gasteiger partial charge < -0.3 is 15.4 Å². The number of aromatic nitrogens is 4. The van der Waals surface area contributed by atoms with Crippen molar-refractivity contribution in [3.63, 3.8) is 0 Å². The second kappa shape index (κ2) is 9.62. The largest absolute Gasteiger partial charge is 0.417 e. The molecule has 0 unspecified atom stereocenters. The van der Waals surface area contributed by atoms with Crippen LogP contribution in [-0.2, 0) is 5.41 Å². The molecule has 5 rings (SSSR count). The van der Waals surface area contributed by atoms with Crippen molar-refractivity contribution in [1.29, 1.82) is 0 Å². The molecule has 0 atom stereocenters. The molecule has 1 aliphatic carbocycles. The van der Waals surface area contributed by atoms with Crippen LogP contribution in [0.2, 0.25) is 0 Å². The number of nitrogens with one attached hydrogen (secondary N) is 3. The highest BCUT2D eigenvalue weighted by Gasteiger charge is 2.22. The Hall–Kier alpha value is -3.92. The van der Waals surface area contributed by atoms with Crippen LogP contribution in [0.5, 0.6) is 5.06 Å². The van der Waals surface area contributed by atoms with E-state index < -0.39 is 6.09 Å². The summed E-state index contributed by atoms with van der Waals surface area (Å²) in [6.45, 7) is 8.37. The Bertz CT molecular complexity index is 1380. The number of anilines is 4. The van der Waals surface area contributed by atoms with Gasteiger partial charge in [-0.3, -0.25) is 9.88 Å². The van der Waals surface area contributed by atoms with Gasteiger partial charge in [0.05, 0.1) is 0 Å². The molecule has 1 aromatic carbocycles. The summed E-state index contributed by atoms with van der Waals surface area (Å²) >= 11 is 1.47. The Morgan fingerprint density at radius 3 is 2.69 bits per heavy atom. The lowest BCUT2D eigenvalue weighted by molar-refractivity contribution is 0.216. The summed E-state index contributed by atoms with van der Waals surface area (Å²) in [5.74, 6) is 2.10. The lowest BCUT2D eigenvalue weighted by atomic mass is 9.95. The van der Waals surface area contributed by atoms with E-state index >= 15 is 0 Å². The fraction of sp³-hybridized carbons (Fsp3) is 0.308. The Labute approximate surface area is 214 Å². The second-order valence-electron chi connectivity index (χ2n) is 9.84. The van der Waals surface area contributed by atoms with Crippen LogP contribution in [-0.4, -0.2) is 31.7 Å². The van der Waals surface area contributed by atoms with E-state index in [4.69, 9.17) is 4.74 Å². The third-order valence-corrected chi connectivity index (χ3v) is 7.10. The van der Waals surface area contributed by atoms with Gasteiger partial charge in [0.2, 0.25) is 5.95 Å². The molecule has 10 heteroatoms. The Morgan fingerprint density at radius 2 is 1.94 bits per heavy atom. The van der Waals surface area contributed by atoms with E-state index in [1.54, 1.807) is 12.5 Å². The van der Waals surface area contributed by atoms with Crippen LogP contribution >= 0.6 is 11.3 Å². The van der Waals surface area contributed by atoms with Crippen LogP contribution in [0.25, 0.3) is 5.82 Å². The highest BCUT2D eigenvalue weighted by atomic mass is 32.1. The van der Waals surface area contributed by atoms with Crippen molar-refractivity contribution in [2.45, 2.75) is 52.0 Å². The Balaban J connectivity index is 1.29. The van der Waals surface area contributed by atoms with Gasteiger partial charge in [0.1, 0.15) is 18.0 Å². The summed E-state index contributed by atoms with van der Waals surface area (Å²) in [6.07, 6.45) is 6.89. The molecule has 186 valence electrons. The number of ether oxygens (including phenoxy) is 1. The molecule has 0 radical (unpaired) electrons. The smallest absolute Gasteiger partial charge is 0.399 e. The molecule has 36 heavy (non-hydrogen) atoms. The number of benzene rings is 1. The van der Waals surface area contributed by atoms with Gasteiger partial charge >= 0.3 is 6.09 Å². The van der Waals surface area contributed by atoms with Crippen molar-refractivity contribution < 1.29 is 9.53 Å². The van der Waals surface area contributed by atoms with Gasteiger partial charge in [0, 0.05) is 40.8 Å². The van der Waals surface area contributed by atoms with Gasteiger partial charge in [-0.15, -0.1) is 11.3 Å². The highest BCUT2D eigenvalue weighted by Crippen LogP contribution is 2.34. The summed E-state index contributed by atoms with van der Waals surface area (Å²) in [4.78, 5) is 26.9. The molecule has 0 spiro atoms. The molecule has 9 nitrogen and oxygen atoms in total. The SMILES string of the molecule is Cc1ccc(NC(=O)Oc2ccc(C(C)(C)C)s2)cc1Nc1nccn1-c1cc(NC2CC2)ncn1. The predicted octanol–water partition coefficient (Wildman–Crippen LogP) is 6.26. The molecule has 3 heterocycles. The monoisotopic (exact) mass is 503 g/mol. The topological polar surface area (TPSA) is 106 Å². The maximum atomic E-state index is 12.5. The summed E-state index contributed by atoms with van der Waals surface area (Å²) in [5, 5.41) is 10.1. The molecule has 1 fully saturated rings. The molecule has 0 bridgehead atoms. The second-order valence-corrected chi connectivity index (χ2v) is 10.9. The van der Waals surface area contributed by atoms with Crippen LogP contribution in [0, 0.1) is 6.92 Å². The average molecular weight is 504 g/mol. The number of thiophene rings is 1. The van der Waals surface area contributed by atoms with Crippen LogP contribution in [0.3, 0.4) is 0 Å². The number of amides is 1. The summed E-state index contributed by atoms with van der Waals surface area (Å²) in [6, 6.07) is 11.8. The summed E-state index contributed by atoms with van der Waals surface area (Å²) in [7, 11) is 0. The van der Waals surface area contributed by atoms with E-state index in [-0.39, 0.29) is 5.41 Å². The maximum absolute atomic E-state index is 12.5. The van der Waals surface area contributed by atoms with Crippen LogP contribution in [0.15, 0.2) is 55.1 Å². The van der Waals surface area contributed by atoms with E-state index in [9.17, 15) is 4.79 Å². The molecule has 3 N–H and O–H groups in total. The number of hydrogen-bond acceptors (Lipinski definition) is 8. The number of nitrogens with zero attached hydrogens (tertiary/aromatic N) is 4. The first kappa shape index (κ1) is 23.8. The zero-order valence-corrected chi connectivity index (χ0v) is 21.5. The lowest BCUT2D eigenvalue weighted by Gasteiger charge is -2.15. The molecular weight excluding hydrogens is 474 g/mol. The summed E-state index contributed by atoms with van der Waals surface area (Å²) < 4.78 is 7.36. The zero-order valence-electron chi connectivity index (χ0n) is 20.7. The van der Waals surface area contributed by atoms with E-state index in [2.05, 4.69) is 51.7 Å². The van der Waals surface area contributed by atoms with Crippen LogP contribution < -0.4 is 20.7 Å². The summed E-state index contributed by atoms with van der Waals surface area (Å²) in [5.41, 5.74) is 2.41. The van der Waals surface area contributed by atoms with Crippen LogP contribution in [0.1, 0.15) is 44.1 Å². The number of imidazole rings is 1. The minimum Gasteiger partial charge on any atom is -0.399 e. The van der Waals surface area contributed by atoms with Crippen molar-refractivity contribution in [2.75, 3.05) is 16.0 Å². The number of aryl methyl sites for hydroxylation is 1. The van der Waals surface area contributed by atoms with Crippen molar-refractivity contribution in [3.8, 4) is 10.9 Å². The van der Waals surface area contributed by atoms with Gasteiger partial charge in [-0.05, 0) is 55.0 Å². The van der Waals surface area contributed by atoms with Crippen molar-refractivity contribution in [3.05, 3.63) is 65.6 Å². The van der Waals surface area contributed by atoms with E-state index in [1.807, 2.05) is 54.1 Å². The molecule has 1 aliphatic rings. The van der Waals surface area contributed by atoms with Gasteiger partial charge in [0.25, 0.3) is 0 Å². The van der Waals surface area contributed by atoms with Gasteiger partial charge in [-0.1, -0.05) is 26.8 Å². The first-order valence-corrected chi connectivity index (χ1v) is 12.7. The van der Waals surface area contributed by atoms with E-state index in [1.165, 1.54) is 24.2 Å². The van der Waals surface area contributed by atoms with E-state index in [0.29, 0.717) is 28.6 Å². The van der Waals surface area contributed by atoms with E-state index in [0.717, 1.165) is 21.9 Å². The molecular formula is C26H29N7O2S. The minimum atomic E-state index is -0.537. The fourth-order valence-corrected chi connectivity index (χ4v) is 4.46. The van der Waals surface area contributed by atoms with Crippen molar-refractivity contribution in [2.24, 2.45) is 0 Å². The normalized spacial score (nSPS) is 13.3. The zero-order chi connectivity index (χ0) is 25.3. The minimum absolute atomic E-state index is 0.00700. The lowest BCUT2D eigenvalue weighted by Crippen LogP contribution is -2.16. The molecule has 1 amide bonds. The van der Waals surface area contributed by atoms with Crippen molar-refractivity contribution in [1.82, 2.24) is 19.5 Å². The van der Waals surface area contributed by atoms with Gasteiger partial charge in [0.15, 0.2) is 5.06 Å². The average Bonchev–Trinajstić information content (AvgIpc) is 3.30.